The smallest absolute Gasteiger partial charge is 0.433 e. The minimum atomic E-state index is -0.752. The van der Waals surface area contributed by atoms with Crippen molar-refractivity contribution in [3.05, 3.63) is 34.7 Å². The number of methoxy groups -OCH3 is 1. The second-order valence-electron chi connectivity index (χ2n) is 4.41. The van der Waals surface area contributed by atoms with Gasteiger partial charge in [-0.1, -0.05) is 12.1 Å². The van der Waals surface area contributed by atoms with Gasteiger partial charge in [-0.2, -0.15) is 5.01 Å². The highest BCUT2D eigenvalue weighted by Gasteiger charge is 2.15. The molecule has 0 saturated carbocycles. The zero-order valence-corrected chi connectivity index (χ0v) is 11.9. The molecule has 0 unspecified atom stereocenters. The molecule has 0 heterocycles. The Hall–Kier alpha value is -2.15. The molecule has 0 aliphatic rings. The highest BCUT2D eigenvalue weighted by atomic mass is 16.6. The van der Waals surface area contributed by atoms with Crippen LogP contribution in [-0.2, 0) is 11.3 Å². The number of hydrogen-bond acceptors (Lipinski definition) is 6. The van der Waals surface area contributed by atoms with Gasteiger partial charge in [-0.05, 0) is 31.8 Å². The molecule has 110 valence electrons. The SMILES string of the molecule is COc1ccc(COC(=O)N(CCN(C)C)N=O)cc1. The van der Waals surface area contributed by atoms with Crippen molar-refractivity contribution in [2.75, 3.05) is 34.3 Å². The largest absolute Gasteiger partial charge is 0.497 e. The van der Waals surface area contributed by atoms with Gasteiger partial charge in [-0.25, -0.2) is 4.79 Å². The Morgan fingerprint density at radius 1 is 1.20 bits per heavy atom. The van der Waals surface area contributed by atoms with Crippen LogP contribution >= 0.6 is 0 Å². The van der Waals surface area contributed by atoms with Crippen molar-refractivity contribution in [2.45, 2.75) is 6.61 Å². The van der Waals surface area contributed by atoms with Crippen LogP contribution in [0.1, 0.15) is 5.56 Å². The van der Waals surface area contributed by atoms with Crippen LogP contribution in [0.15, 0.2) is 29.6 Å². The summed E-state index contributed by atoms with van der Waals surface area (Å²) in [6, 6.07) is 7.10. The molecule has 0 radical (unpaired) electrons. The molecule has 0 spiro atoms. The third-order valence-corrected chi connectivity index (χ3v) is 2.59. The first-order chi connectivity index (χ1) is 9.56. The van der Waals surface area contributed by atoms with Crippen molar-refractivity contribution >= 4 is 6.09 Å². The van der Waals surface area contributed by atoms with E-state index in [9.17, 15) is 9.70 Å². The Morgan fingerprint density at radius 2 is 1.85 bits per heavy atom. The molecule has 1 amide bonds. The summed E-state index contributed by atoms with van der Waals surface area (Å²) in [5.74, 6) is 0.724. The van der Waals surface area contributed by atoms with E-state index in [2.05, 4.69) is 5.29 Å². The number of amides is 1. The van der Waals surface area contributed by atoms with E-state index in [0.717, 1.165) is 16.3 Å². The Labute approximate surface area is 118 Å². The number of carbonyl (C=O) groups is 1. The zero-order chi connectivity index (χ0) is 15.0. The molecular formula is C13H19N3O4. The molecular weight excluding hydrogens is 262 g/mol. The number of carbonyl (C=O) groups excluding carboxylic acids is 1. The fourth-order valence-corrected chi connectivity index (χ4v) is 1.40. The summed E-state index contributed by atoms with van der Waals surface area (Å²) in [6.07, 6.45) is -0.752. The van der Waals surface area contributed by atoms with E-state index in [1.165, 1.54) is 0 Å². The second kappa shape index (κ2) is 8.11. The standard InChI is InChI=1S/C13H19N3O4/c1-15(2)8-9-16(14-18)13(17)20-10-11-4-6-12(19-3)7-5-11/h4-7H,8-10H2,1-3H3. The Balaban J connectivity index is 2.45. The van der Waals surface area contributed by atoms with Gasteiger partial charge < -0.3 is 14.4 Å². The van der Waals surface area contributed by atoms with Crippen molar-refractivity contribution in [3.8, 4) is 5.75 Å². The predicted octanol–water partition coefficient (Wildman–Crippen LogP) is 1.88. The number of ether oxygens (including phenoxy) is 2. The lowest BCUT2D eigenvalue weighted by atomic mass is 10.2. The van der Waals surface area contributed by atoms with Gasteiger partial charge >= 0.3 is 6.09 Å². The lowest BCUT2D eigenvalue weighted by molar-refractivity contribution is 0.0941. The molecule has 0 fully saturated rings. The zero-order valence-electron chi connectivity index (χ0n) is 11.9. The Bertz CT molecular complexity index is 434. The van der Waals surface area contributed by atoms with Gasteiger partial charge in [0.2, 0.25) is 0 Å². The monoisotopic (exact) mass is 281 g/mol. The summed E-state index contributed by atoms with van der Waals surface area (Å²) in [6.45, 7) is 0.804. The first-order valence-electron chi connectivity index (χ1n) is 6.12. The predicted molar refractivity (Wildman–Crippen MR) is 74.2 cm³/mol. The normalized spacial score (nSPS) is 10.2. The highest BCUT2D eigenvalue weighted by molar-refractivity contribution is 5.67. The minimum Gasteiger partial charge on any atom is -0.497 e. The molecule has 1 rings (SSSR count). The maximum absolute atomic E-state index is 11.6. The van der Waals surface area contributed by atoms with E-state index in [4.69, 9.17) is 9.47 Å². The van der Waals surface area contributed by atoms with E-state index in [0.29, 0.717) is 6.54 Å². The van der Waals surface area contributed by atoms with E-state index in [-0.39, 0.29) is 13.2 Å². The summed E-state index contributed by atoms with van der Waals surface area (Å²) in [5, 5.41) is 3.43. The van der Waals surface area contributed by atoms with Crippen molar-refractivity contribution in [1.29, 1.82) is 0 Å². The average molecular weight is 281 g/mol. The Kier molecular flexibility index (Phi) is 6.45. The van der Waals surface area contributed by atoms with Gasteiger partial charge in [-0.15, -0.1) is 4.91 Å². The van der Waals surface area contributed by atoms with Crippen LogP contribution < -0.4 is 4.74 Å². The minimum absolute atomic E-state index is 0.0802. The van der Waals surface area contributed by atoms with Crippen LogP contribution in [0.25, 0.3) is 0 Å². The first-order valence-corrected chi connectivity index (χ1v) is 6.12. The topological polar surface area (TPSA) is 71.4 Å². The lowest BCUT2D eigenvalue weighted by Crippen LogP contribution is -2.32. The molecule has 1 aromatic rings. The van der Waals surface area contributed by atoms with Gasteiger partial charge in [0.15, 0.2) is 0 Å². The molecule has 0 aliphatic carbocycles. The van der Waals surface area contributed by atoms with Crippen LogP contribution in [-0.4, -0.2) is 50.3 Å². The number of rotatable bonds is 7. The van der Waals surface area contributed by atoms with Gasteiger partial charge in [0.1, 0.15) is 12.4 Å². The van der Waals surface area contributed by atoms with Crippen molar-refractivity contribution < 1.29 is 14.3 Å². The summed E-state index contributed by atoms with van der Waals surface area (Å²) >= 11 is 0. The molecule has 0 aromatic heterocycles. The van der Waals surface area contributed by atoms with Crippen LogP contribution in [0.5, 0.6) is 5.75 Å². The fraction of sp³-hybridized carbons (Fsp3) is 0.462. The van der Waals surface area contributed by atoms with E-state index in [1.807, 2.05) is 19.0 Å². The number of benzene rings is 1. The summed E-state index contributed by atoms with van der Waals surface area (Å²) < 4.78 is 10.0. The first kappa shape index (κ1) is 15.9. The molecule has 0 aliphatic heterocycles. The third-order valence-electron chi connectivity index (χ3n) is 2.59. The summed E-state index contributed by atoms with van der Waals surface area (Å²) in [5.41, 5.74) is 0.803. The molecule has 7 nitrogen and oxygen atoms in total. The fourth-order valence-electron chi connectivity index (χ4n) is 1.40. The molecule has 0 saturated heterocycles. The average Bonchev–Trinajstić information content (AvgIpc) is 2.46. The van der Waals surface area contributed by atoms with Gasteiger partial charge in [0.05, 0.1) is 18.9 Å². The van der Waals surface area contributed by atoms with Crippen LogP contribution in [0.2, 0.25) is 0 Å². The van der Waals surface area contributed by atoms with Crippen molar-refractivity contribution in [3.63, 3.8) is 0 Å². The highest BCUT2D eigenvalue weighted by Crippen LogP contribution is 2.12. The lowest BCUT2D eigenvalue weighted by Gasteiger charge is -2.16. The van der Waals surface area contributed by atoms with Gasteiger partial charge in [-0.3, -0.25) is 0 Å². The summed E-state index contributed by atoms with van der Waals surface area (Å²) in [7, 11) is 5.25. The van der Waals surface area contributed by atoms with Gasteiger partial charge in [0.25, 0.3) is 0 Å². The van der Waals surface area contributed by atoms with E-state index >= 15 is 0 Å². The molecule has 0 N–H and O–H groups in total. The number of likely N-dealkylation sites (N-methyl/N-ethyl adjacent to an activating group) is 1. The maximum atomic E-state index is 11.6. The number of nitrogens with zero attached hydrogens (tertiary/aromatic N) is 3. The quantitative estimate of drug-likeness (QED) is 0.563. The Morgan fingerprint density at radius 3 is 2.35 bits per heavy atom. The van der Waals surface area contributed by atoms with Crippen molar-refractivity contribution in [1.82, 2.24) is 9.91 Å². The van der Waals surface area contributed by atoms with E-state index in [1.54, 1.807) is 31.4 Å². The van der Waals surface area contributed by atoms with Crippen LogP contribution in [0, 0.1) is 4.91 Å². The second-order valence-corrected chi connectivity index (χ2v) is 4.41. The molecule has 0 atom stereocenters. The molecule has 0 bridgehead atoms. The molecule has 20 heavy (non-hydrogen) atoms. The maximum Gasteiger partial charge on any atom is 0.433 e. The third kappa shape index (κ3) is 5.23. The van der Waals surface area contributed by atoms with E-state index < -0.39 is 6.09 Å². The number of nitroso groups, excluding NO2 is 1. The van der Waals surface area contributed by atoms with Crippen LogP contribution in [0.3, 0.4) is 0 Å². The van der Waals surface area contributed by atoms with Crippen LogP contribution in [0.4, 0.5) is 4.79 Å². The summed E-state index contributed by atoms with van der Waals surface area (Å²) in [4.78, 5) is 24.1. The number of hydrogen-bond donors (Lipinski definition) is 0. The molecule has 1 aromatic carbocycles. The van der Waals surface area contributed by atoms with Gasteiger partial charge in [0, 0.05) is 6.54 Å². The van der Waals surface area contributed by atoms with Crippen molar-refractivity contribution in [2.24, 2.45) is 5.29 Å². The molecule has 7 heteroatoms.